The molecule has 0 spiro atoms. The Kier molecular flexibility index (Phi) is 5.61. The van der Waals surface area contributed by atoms with E-state index in [1.54, 1.807) is 0 Å². The molecule has 1 aliphatic heterocycles. The Morgan fingerprint density at radius 1 is 1.12 bits per heavy atom. The van der Waals surface area contributed by atoms with Crippen molar-refractivity contribution < 1.29 is 14.7 Å². The van der Waals surface area contributed by atoms with E-state index in [-0.39, 0.29) is 23.8 Å². The molecule has 0 radical (unpaired) electrons. The molecule has 5 nitrogen and oxygen atoms in total. The summed E-state index contributed by atoms with van der Waals surface area (Å²) in [7, 11) is 0. The predicted molar refractivity (Wildman–Crippen MR) is 97.6 cm³/mol. The van der Waals surface area contributed by atoms with Crippen LogP contribution in [0.4, 0.5) is 5.69 Å². The van der Waals surface area contributed by atoms with Crippen LogP contribution in [0.25, 0.3) is 0 Å². The SMILES string of the molecule is O=C(O)CC1(CC(=O)NC2CCN(c3ccccc3)C2)CCCCC1. The van der Waals surface area contributed by atoms with Crippen LogP contribution in [-0.2, 0) is 9.59 Å². The number of para-hydroxylation sites is 1. The molecule has 1 heterocycles. The number of carboxylic acids is 1. The second kappa shape index (κ2) is 7.89. The van der Waals surface area contributed by atoms with Crippen molar-refractivity contribution >= 4 is 17.6 Å². The van der Waals surface area contributed by atoms with Gasteiger partial charge in [-0.1, -0.05) is 37.5 Å². The molecule has 5 heteroatoms. The minimum absolute atomic E-state index is 0.0167. The van der Waals surface area contributed by atoms with Gasteiger partial charge in [0, 0.05) is 31.2 Å². The first-order valence-corrected chi connectivity index (χ1v) is 9.38. The first kappa shape index (κ1) is 17.8. The summed E-state index contributed by atoms with van der Waals surface area (Å²) in [5.74, 6) is -0.770. The number of nitrogens with zero attached hydrogens (tertiary/aromatic N) is 1. The van der Waals surface area contributed by atoms with E-state index >= 15 is 0 Å². The van der Waals surface area contributed by atoms with E-state index in [1.807, 2.05) is 18.2 Å². The van der Waals surface area contributed by atoms with Gasteiger partial charge >= 0.3 is 5.97 Å². The first-order chi connectivity index (χ1) is 12.1. The molecule has 1 atom stereocenters. The van der Waals surface area contributed by atoms with Gasteiger partial charge in [0.05, 0.1) is 6.42 Å². The second-order valence-electron chi connectivity index (χ2n) is 7.64. The molecule has 1 saturated carbocycles. The second-order valence-corrected chi connectivity index (χ2v) is 7.64. The highest BCUT2D eigenvalue weighted by Crippen LogP contribution is 2.42. The van der Waals surface area contributed by atoms with Crippen molar-refractivity contribution in [1.82, 2.24) is 5.32 Å². The average molecular weight is 344 g/mol. The van der Waals surface area contributed by atoms with E-state index in [4.69, 9.17) is 0 Å². The quantitative estimate of drug-likeness (QED) is 0.831. The number of nitrogens with one attached hydrogen (secondary N) is 1. The molecule has 2 N–H and O–H groups in total. The van der Waals surface area contributed by atoms with Crippen LogP contribution in [0.2, 0.25) is 0 Å². The summed E-state index contributed by atoms with van der Waals surface area (Å²) in [6.45, 7) is 1.76. The summed E-state index contributed by atoms with van der Waals surface area (Å²) in [6.07, 6.45) is 6.32. The van der Waals surface area contributed by atoms with Crippen LogP contribution < -0.4 is 10.2 Å². The van der Waals surface area contributed by atoms with Gasteiger partial charge in [0.15, 0.2) is 0 Å². The zero-order chi connectivity index (χ0) is 17.7. The van der Waals surface area contributed by atoms with E-state index in [1.165, 1.54) is 5.69 Å². The normalized spacial score (nSPS) is 22.6. The number of aliphatic carboxylic acids is 1. The number of rotatable bonds is 6. The van der Waals surface area contributed by atoms with Gasteiger partial charge in [0.1, 0.15) is 0 Å². The van der Waals surface area contributed by atoms with Crippen LogP contribution in [0.15, 0.2) is 30.3 Å². The maximum atomic E-state index is 12.6. The summed E-state index contributed by atoms with van der Waals surface area (Å²) in [4.78, 5) is 26.1. The Balaban J connectivity index is 1.54. The Hall–Kier alpha value is -2.04. The number of hydrogen-bond donors (Lipinski definition) is 2. The lowest BCUT2D eigenvalue weighted by Gasteiger charge is -2.35. The molecule has 0 aromatic heterocycles. The Bertz CT molecular complexity index is 596. The molecule has 1 aliphatic carbocycles. The van der Waals surface area contributed by atoms with Crippen LogP contribution in [0.3, 0.4) is 0 Å². The third kappa shape index (κ3) is 4.74. The molecule has 136 valence electrons. The fraction of sp³-hybridized carbons (Fsp3) is 0.600. The third-order valence-electron chi connectivity index (χ3n) is 5.65. The topological polar surface area (TPSA) is 69.6 Å². The van der Waals surface area contributed by atoms with Crippen molar-refractivity contribution in [1.29, 1.82) is 0 Å². The van der Waals surface area contributed by atoms with Crippen molar-refractivity contribution in [3.63, 3.8) is 0 Å². The maximum Gasteiger partial charge on any atom is 0.303 e. The molecule has 2 aliphatic rings. The van der Waals surface area contributed by atoms with Gasteiger partial charge < -0.3 is 15.3 Å². The van der Waals surface area contributed by atoms with Gasteiger partial charge in [-0.25, -0.2) is 0 Å². The van der Waals surface area contributed by atoms with Crippen LogP contribution in [0.5, 0.6) is 0 Å². The third-order valence-corrected chi connectivity index (χ3v) is 5.65. The van der Waals surface area contributed by atoms with Crippen molar-refractivity contribution in [3.05, 3.63) is 30.3 Å². The highest BCUT2D eigenvalue weighted by atomic mass is 16.4. The van der Waals surface area contributed by atoms with E-state index in [0.29, 0.717) is 6.42 Å². The number of benzene rings is 1. The molecule has 25 heavy (non-hydrogen) atoms. The van der Waals surface area contributed by atoms with Crippen molar-refractivity contribution in [3.8, 4) is 0 Å². The van der Waals surface area contributed by atoms with Gasteiger partial charge in [0.2, 0.25) is 5.91 Å². The van der Waals surface area contributed by atoms with Gasteiger partial charge in [0.25, 0.3) is 0 Å². The fourth-order valence-electron chi connectivity index (χ4n) is 4.41. The maximum absolute atomic E-state index is 12.6. The molecule has 1 saturated heterocycles. The minimum Gasteiger partial charge on any atom is -0.481 e. The number of carboxylic acid groups (broad SMARTS) is 1. The average Bonchev–Trinajstić information content (AvgIpc) is 3.04. The van der Waals surface area contributed by atoms with Crippen molar-refractivity contribution in [2.24, 2.45) is 5.41 Å². The van der Waals surface area contributed by atoms with Crippen molar-refractivity contribution in [2.75, 3.05) is 18.0 Å². The number of carbonyl (C=O) groups is 2. The minimum atomic E-state index is -0.786. The molecule has 3 rings (SSSR count). The smallest absolute Gasteiger partial charge is 0.303 e. The van der Waals surface area contributed by atoms with Crippen LogP contribution >= 0.6 is 0 Å². The van der Waals surface area contributed by atoms with Crippen LogP contribution in [0, 0.1) is 5.41 Å². The molecule has 1 aromatic carbocycles. The first-order valence-electron chi connectivity index (χ1n) is 9.38. The lowest BCUT2D eigenvalue weighted by Crippen LogP contribution is -2.41. The largest absolute Gasteiger partial charge is 0.481 e. The fourth-order valence-corrected chi connectivity index (χ4v) is 4.41. The van der Waals surface area contributed by atoms with Gasteiger partial charge in [-0.15, -0.1) is 0 Å². The summed E-state index contributed by atoms with van der Waals surface area (Å²) < 4.78 is 0. The summed E-state index contributed by atoms with van der Waals surface area (Å²) in [5.41, 5.74) is 0.847. The summed E-state index contributed by atoms with van der Waals surface area (Å²) in [5, 5.41) is 12.4. The molecule has 2 fully saturated rings. The highest BCUT2D eigenvalue weighted by molar-refractivity contribution is 5.78. The summed E-state index contributed by atoms with van der Waals surface area (Å²) in [6, 6.07) is 10.4. The van der Waals surface area contributed by atoms with E-state index in [0.717, 1.165) is 51.6 Å². The lowest BCUT2D eigenvalue weighted by atomic mass is 9.69. The Morgan fingerprint density at radius 3 is 2.52 bits per heavy atom. The molecular weight excluding hydrogens is 316 g/mol. The van der Waals surface area contributed by atoms with Crippen LogP contribution in [-0.4, -0.2) is 36.1 Å². The molecule has 1 amide bonds. The summed E-state index contributed by atoms with van der Waals surface area (Å²) >= 11 is 0. The van der Waals surface area contributed by atoms with Gasteiger partial charge in [-0.3, -0.25) is 9.59 Å². The van der Waals surface area contributed by atoms with Gasteiger partial charge in [-0.2, -0.15) is 0 Å². The number of anilines is 1. The number of carbonyl (C=O) groups excluding carboxylic acids is 1. The zero-order valence-electron chi connectivity index (χ0n) is 14.7. The van der Waals surface area contributed by atoms with E-state index < -0.39 is 5.97 Å². The molecule has 1 unspecified atom stereocenters. The highest BCUT2D eigenvalue weighted by Gasteiger charge is 2.37. The Morgan fingerprint density at radius 2 is 1.84 bits per heavy atom. The zero-order valence-corrected chi connectivity index (χ0v) is 14.7. The van der Waals surface area contributed by atoms with E-state index in [9.17, 15) is 14.7 Å². The lowest BCUT2D eigenvalue weighted by molar-refractivity contribution is -0.141. The molecular formula is C20H28N2O3. The van der Waals surface area contributed by atoms with E-state index in [2.05, 4.69) is 22.3 Å². The molecule has 1 aromatic rings. The number of amides is 1. The van der Waals surface area contributed by atoms with Gasteiger partial charge in [-0.05, 0) is 36.8 Å². The monoisotopic (exact) mass is 344 g/mol. The Labute approximate surface area is 149 Å². The molecule has 0 bridgehead atoms. The number of hydrogen-bond acceptors (Lipinski definition) is 3. The van der Waals surface area contributed by atoms with Crippen molar-refractivity contribution in [2.45, 2.75) is 57.4 Å². The van der Waals surface area contributed by atoms with Crippen LogP contribution in [0.1, 0.15) is 51.4 Å². The predicted octanol–water partition coefficient (Wildman–Crippen LogP) is 3.20. The standard InChI is InChI=1S/C20H28N2O3/c23-18(13-20(14-19(24)25)10-5-2-6-11-20)21-16-9-12-22(15-16)17-7-3-1-4-8-17/h1,3-4,7-8,16H,2,5-6,9-15H2,(H,21,23)(H,24,25).